The van der Waals surface area contributed by atoms with Gasteiger partial charge >= 0.3 is 5.91 Å². The molecule has 3 aromatic carbocycles. The summed E-state index contributed by atoms with van der Waals surface area (Å²) in [5.41, 5.74) is 2.58. The number of Topliss-reactive ketones (excluding diaryl/α,β-unsaturated/α-hetero) is 1. The molecule has 0 saturated carbocycles. The Morgan fingerprint density at radius 2 is 1.89 bits per heavy atom. The standard InChI is InChI=1S/C35H36N2O7S/c1-5-7-8-15-43-27-14-9-21(18-28(27)42-6-2)31-30(32(38)22-10-13-26-23(17-22)16-20(3)44-26)33(39)34(40)37(31)35-36-25-12-11-24(41-4)19-29(25)45-35/h9-14,17-20,31,38H,5-8,15-16H2,1-4H3/b32-30+/t20-,31+/m0/s1. The zero-order valence-corrected chi connectivity index (χ0v) is 26.6. The molecular formula is C35H36N2O7S. The van der Waals surface area contributed by atoms with Gasteiger partial charge in [-0.25, -0.2) is 4.98 Å². The molecule has 234 valence electrons. The van der Waals surface area contributed by atoms with Crippen LogP contribution in [0.15, 0.2) is 60.2 Å². The first kappa shape index (κ1) is 30.5. The molecule has 6 rings (SSSR count). The number of aliphatic hydroxyl groups is 1. The molecule has 0 unspecified atom stereocenters. The highest BCUT2D eigenvalue weighted by molar-refractivity contribution is 7.22. The monoisotopic (exact) mass is 628 g/mol. The van der Waals surface area contributed by atoms with Gasteiger partial charge in [0.2, 0.25) is 0 Å². The van der Waals surface area contributed by atoms with Gasteiger partial charge in [-0.3, -0.25) is 14.5 Å². The smallest absolute Gasteiger partial charge is 0.301 e. The number of rotatable bonds is 11. The average Bonchev–Trinajstić information content (AvgIpc) is 3.71. The van der Waals surface area contributed by atoms with Crippen LogP contribution < -0.4 is 23.8 Å². The van der Waals surface area contributed by atoms with Gasteiger partial charge in [-0.15, -0.1) is 0 Å². The molecule has 1 aromatic heterocycles. The Bertz CT molecular complexity index is 1800. The van der Waals surface area contributed by atoms with E-state index < -0.39 is 17.7 Å². The maximum Gasteiger partial charge on any atom is 0.301 e. The number of nitrogens with zero attached hydrogens (tertiary/aromatic N) is 2. The Morgan fingerprint density at radius 3 is 2.67 bits per heavy atom. The summed E-state index contributed by atoms with van der Waals surface area (Å²) >= 11 is 1.27. The number of unbranched alkanes of at least 4 members (excludes halogenated alkanes) is 2. The largest absolute Gasteiger partial charge is 0.507 e. The first-order valence-corrected chi connectivity index (χ1v) is 16.1. The molecule has 2 aliphatic heterocycles. The second-order valence-corrected chi connectivity index (χ2v) is 12.2. The van der Waals surface area contributed by atoms with Gasteiger partial charge in [0.25, 0.3) is 5.78 Å². The van der Waals surface area contributed by atoms with Crippen molar-refractivity contribution < 1.29 is 33.6 Å². The van der Waals surface area contributed by atoms with Crippen molar-refractivity contribution in [3.63, 3.8) is 0 Å². The van der Waals surface area contributed by atoms with Crippen LogP contribution in [0.1, 0.15) is 62.8 Å². The SMILES string of the molecule is CCCCCOc1ccc([C@@H]2/C(=C(\O)c3ccc4c(c3)C[C@H](C)O4)C(=O)C(=O)N2c2nc3ccc(OC)cc3s2)cc1OCC. The fraction of sp³-hybridized carbons (Fsp3) is 0.343. The van der Waals surface area contributed by atoms with E-state index in [1.54, 1.807) is 37.4 Å². The van der Waals surface area contributed by atoms with Gasteiger partial charge < -0.3 is 24.1 Å². The summed E-state index contributed by atoms with van der Waals surface area (Å²) in [7, 11) is 1.58. The highest BCUT2D eigenvalue weighted by atomic mass is 32.1. The normalized spacial score (nSPS) is 18.7. The number of aromatic nitrogens is 1. The van der Waals surface area contributed by atoms with E-state index in [-0.39, 0.29) is 17.4 Å². The summed E-state index contributed by atoms with van der Waals surface area (Å²) in [6.45, 7) is 6.93. The van der Waals surface area contributed by atoms with Crippen LogP contribution in [0, 0.1) is 0 Å². The van der Waals surface area contributed by atoms with Crippen molar-refractivity contribution in [2.45, 2.75) is 58.6 Å². The van der Waals surface area contributed by atoms with Crippen LogP contribution in [0.5, 0.6) is 23.0 Å². The number of fused-ring (bicyclic) bond motifs is 2. The maximum atomic E-state index is 13.8. The lowest BCUT2D eigenvalue weighted by Crippen LogP contribution is -2.29. The number of ether oxygens (including phenoxy) is 4. The first-order valence-electron chi connectivity index (χ1n) is 15.3. The summed E-state index contributed by atoms with van der Waals surface area (Å²) in [4.78, 5) is 33.8. The van der Waals surface area contributed by atoms with Gasteiger partial charge in [0, 0.05) is 12.0 Å². The Morgan fingerprint density at radius 1 is 1.04 bits per heavy atom. The molecule has 1 N–H and O–H groups in total. The number of anilines is 1. The summed E-state index contributed by atoms with van der Waals surface area (Å²) < 4.78 is 24.0. The summed E-state index contributed by atoms with van der Waals surface area (Å²) in [6.07, 6.45) is 3.74. The van der Waals surface area contributed by atoms with Crippen LogP contribution in [0.4, 0.5) is 5.13 Å². The lowest BCUT2D eigenvalue weighted by atomic mass is 9.94. The van der Waals surface area contributed by atoms with Gasteiger partial charge in [-0.2, -0.15) is 0 Å². The lowest BCUT2D eigenvalue weighted by molar-refractivity contribution is -0.132. The molecule has 0 radical (unpaired) electrons. The van der Waals surface area contributed by atoms with Crippen LogP contribution in [-0.2, 0) is 16.0 Å². The molecule has 0 aliphatic carbocycles. The van der Waals surface area contributed by atoms with Crippen molar-refractivity contribution in [2.75, 3.05) is 25.2 Å². The number of benzene rings is 3. The van der Waals surface area contributed by atoms with Crippen LogP contribution >= 0.6 is 11.3 Å². The molecule has 0 spiro atoms. The van der Waals surface area contributed by atoms with Crippen molar-refractivity contribution in [2.24, 2.45) is 0 Å². The molecule has 10 heteroatoms. The quantitative estimate of drug-likeness (QED) is 0.0803. The van der Waals surface area contributed by atoms with Gasteiger partial charge in [-0.05, 0) is 79.9 Å². The minimum absolute atomic E-state index is 0.0142. The third-order valence-corrected chi connectivity index (χ3v) is 9.01. The lowest BCUT2D eigenvalue weighted by Gasteiger charge is -2.24. The zero-order chi connectivity index (χ0) is 31.7. The van der Waals surface area contributed by atoms with Gasteiger partial charge in [0.05, 0.1) is 42.2 Å². The van der Waals surface area contributed by atoms with Crippen molar-refractivity contribution >= 4 is 44.1 Å². The minimum Gasteiger partial charge on any atom is -0.507 e. The number of carbonyl (C=O) groups excluding carboxylic acids is 2. The van der Waals surface area contributed by atoms with Crippen LogP contribution in [0.3, 0.4) is 0 Å². The van der Waals surface area contributed by atoms with Crippen molar-refractivity contribution in [1.29, 1.82) is 0 Å². The van der Waals surface area contributed by atoms with Crippen molar-refractivity contribution in [3.05, 3.63) is 76.9 Å². The molecule has 2 atom stereocenters. The van der Waals surface area contributed by atoms with E-state index in [0.717, 1.165) is 35.3 Å². The Labute approximate surface area is 266 Å². The van der Waals surface area contributed by atoms with E-state index in [0.29, 0.717) is 58.7 Å². The van der Waals surface area contributed by atoms with E-state index in [1.807, 2.05) is 38.1 Å². The number of aliphatic hydroxyl groups excluding tert-OH is 1. The molecule has 1 fully saturated rings. The molecular weight excluding hydrogens is 592 g/mol. The number of amides is 1. The number of hydrogen-bond acceptors (Lipinski definition) is 9. The van der Waals surface area contributed by atoms with E-state index >= 15 is 0 Å². The third kappa shape index (κ3) is 5.82. The van der Waals surface area contributed by atoms with Crippen molar-refractivity contribution in [1.82, 2.24) is 4.98 Å². The van der Waals surface area contributed by atoms with Gasteiger partial charge in [0.1, 0.15) is 23.4 Å². The Hall–Kier alpha value is -4.57. The summed E-state index contributed by atoms with van der Waals surface area (Å²) in [5, 5.41) is 12.1. The van der Waals surface area contributed by atoms with E-state index in [9.17, 15) is 14.7 Å². The molecule has 3 heterocycles. The Kier molecular flexibility index (Phi) is 8.67. The fourth-order valence-electron chi connectivity index (χ4n) is 5.81. The second-order valence-electron chi connectivity index (χ2n) is 11.1. The molecule has 1 saturated heterocycles. The number of methoxy groups -OCH3 is 1. The molecule has 4 aromatic rings. The molecule has 1 amide bonds. The minimum atomic E-state index is -0.968. The van der Waals surface area contributed by atoms with E-state index in [1.165, 1.54) is 16.2 Å². The van der Waals surface area contributed by atoms with Crippen molar-refractivity contribution in [3.8, 4) is 23.0 Å². The summed E-state index contributed by atoms with van der Waals surface area (Å²) in [5.74, 6) is 0.645. The van der Waals surface area contributed by atoms with Gasteiger partial charge in [-0.1, -0.05) is 37.2 Å². The number of thiazole rings is 1. The number of ketones is 1. The predicted molar refractivity (Wildman–Crippen MR) is 174 cm³/mol. The molecule has 45 heavy (non-hydrogen) atoms. The summed E-state index contributed by atoms with van der Waals surface area (Å²) in [6, 6.07) is 15.2. The van der Waals surface area contributed by atoms with Crippen LogP contribution in [-0.4, -0.2) is 48.2 Å². The number of carbonyl (C=O) groups is 2. The first-order chi connectivity index (χ1) is 21.8. The maximum absolute atomic E-state index is 13.8. The average molecular weight is 629 g/mol. The second kappa shape index (κ2) is 12.8. The molecule has 2 aliphatic rings. The third-order valence-electron chi connectivity index (χ3n) is 7.99. The predicted octanol–water partition coefficient (Wildman–Crippen LogP) is 7.22. The molecule has 0 bridgehead atoms. The van der Waals surface area contributed by atoms with Crippen LogP contribution in [0.2, 0.25) is 0 Å². The van der Waals surface area contributed by atoms with E-state index in [2.05, 4.69) is 6.92 Å². The zero-order valence-electron chi connectivity index (χ0n) is 25.8. The fourth-order valence-corrected chi connectivity index (χ4v) is 6.83. The van der Waals surface area contributed by atoms with Crippen LogP contribution in [0.25, 0.3) is 16.0 Å². The number of hydrogen-bond donors (Lipinski definition) is 1. The highest BCUT2D eigenvalue weighted by Gasteiger charge is 2.48. The highest BCUT2D eigenvalue weighted by Crippen LogP contribution is 2.46. The topological polar surface area (TPSA) is 107 Å². The molecule has 9 nitrogen and oxygen atoms in total. The van der Waals surface area contributed by atoms with Gasteiger partial charge in [0.15, 0.2) is 16.6 Å². The Balaban J connectivity index is 1.49. The van der Waals surface area contributed by atoms with E-state index in [4.69, 9.17) is 23.9 Å².